The largest absolute Gasteiger partial charge is 0.480 e. The van der Waals surface area contributed by atoms with Crippen molar-refractivity contribution in [1.29, 1.82) is 0 Å². The normalized spacial score (nSPS) is 12.2. The Balaban J connectivity index is 1.29. The molecule has 0 saturated carbocycles. The van der Waals surface area contributed by atoms with Crippen LogP contribution in [0.4, 0.5) is 11.4 Å². The van der Waals surface area contributed by atoms with Gasteiger partial charge in [-0.1, -0.05) is 79.7 Å². The van der Waals surface area contributed by atoms with Gasteiger partial charge in [-0.3, -0.25) is 9.52 Å². The molecule has 0 spiro atoms. The van der Waals surface area contributed by atoms with E-state index in [4.69, 9.17) is 4.74 Å². The molecule has 5 aromatic rings. The van der Waals surface area contributed by atoms with Gasteiger partial charge in [0.1, 0.15) is 5.75 Å². The van der Waals surface area contributed by atoms with E-state index in [1.807, 2.05) is 85.8 Å². The Hall–Kier alpha value is -4.36. The molecule has 2 N–H and O–H groups in total. The maximum atomic E-state index is 13.0. The second-order valence-electron chi connectivity index (χ2n) is 8.64. The van der Waals surface area contributed by atoms with Crippen LogP contribution >= 0.6 is 0 Å². The van der Waals surface area contributed by atoms with Crippen molar-refractivity contribution in [3.8, 4) is 5.75 Å². The zero-order valence-corrected chi connectivity index (χ0v) is 21.0. The van der Waals surface area contributed by atoms with Crippen LogP contribution in [0, 0.1) is 0 Å². The first-order valence-corrected chi connectivity index (χ1v) is 13.5. The molecule has 1 atom stereocenters. The van der Waals surface area contributed by atoms with E-state index in [-0.39, 0.29) is 10.8 Å². The van der Waals surface area contributed by atoms with E-state index >= 15 is 0 Å². The van der Waals surface area contributed by atoms with Crippen LogP contribution in [0.5, 0.6) is 5.75 Å². The monoisotopic (exact) mass is 510 g/mol. The van der Waals surface area contributed by atoms with Gasteiger partial charge in [0.15, 0.2) is 6.10 Å². The van der Waals surface area contributed by atoms with Gasteiger partial charge in [0.05, 0.1) is 10.6 Å². The molecule has 186 valence electrons. The fourth-order valence-corrected chi connectivity index (χ4v) is 5.31. The first-order valence-electron chi connectivity index (χ1n) is 12.0. The molecule has 37 heavy (non-hydrogen) atoms. The van der Waals surface area contributed by atoms with Gasteiger partial charge < -0.3 is 10.1 Å². The van der Waals surface area contributed by atoms with E-state index in [1.165, 1.54) is 12.1 Å². The van der Waals surface area contributed by atoms with Gasteiger partial charge in [-0.05, 0) is 53.6 Å². The number of nitrogens with one attached hydrogen (secondary N) is 2. The summed E-state index contributed by atoms with van der Waals surface area (Å²) in [5.41, 5.74) is 0.987. The maximum absolute atomic E-state index is 13.0. The minimum Gasteiger partial charge on any atom is -0.480 e. The summed E-state index contributed by atoms with van der Waals surface area (Å²) in [6.45, 7) is 1.88. The topological polar surface area (TPSA) is 84.5 Å². The number of benzene rings is 5. The Kier molecular flexibility index (Phi) is 6.79. The summed E-state index contributed by atoms with van der Waals surface area (Å²) >= 11 is 0. The highest BCUT2D eigenvalue weighted by molar-refractivity contribution is 7.92. The quantitative estimate of drug-likeness (QED) is 0.247. The second-order valence-corrected chi connectivity index (χ2v) is 10.3. The molecule has 0 aliphatic heterocycles. The number of rotatable bonds is 8. The fraction of sp³-hybridized carbons (Fsp3) is 0.100. The average Bonchev–Trinajstić information content (AvgIpc) is 2.92. The van der Waals surface area contributed by atoms with E-state index in [9.17, 15) is 13.2 Å². The standard InChI is InChI=1S/C30H26N2O4S/c1-2-28(36-29-16-8-12-22-10-4-6-14-26(22)29)30(33)31-23-17-19-24(20-18-23)37(34,35)32-27-15-7-11-21-9-3-5-13-25(21)27/h3-20,28,32H,2H2,1H3,(H,31,33)/t28-/m1/s1. The smallest absolute Gasteiger partial charge is 0.265 e. The molecule has 7 heteroatoms. The Morgan fingerprint density at radius 3 is 2.05 bits per heavy atom. The summed E-state index contributed by atoms with van der Waals surface area (Å²) in [4.78, 5) is 13.1. The molecule has 1 amide bonds. The van der Waals surface area contributed by atoms with Crippen molar-refractivity contribution in [2.45, 2.75) is 24.3 Å². The lowest BCUT2D eigenvalue weighted by molar-refractivity contribution is -0.122. The number of amides is 1. The van der Waals surface area contributed by atoms with Crippen LogP contribution in [0.3, 0.4) is 0 Å². The average molecular weight is 511 g/mol. The minimum absolute atomic E-state index is 0.0949. The molecule has 0 fully saturated rings. The van der Waals surface area contributed by atoms with Crippen molar-refractivity contribution in [3.05, 3.63) is 109 Å². The molecule has 0 aromatic heterocycles. The van der Waals surface area contributed by atoms with Gasteiger partial charge in [0.2, 0.25) is 0 Å². The summed E-state index contributed by atoms with van der Waals surface area (Å²) in [7, 11) is -3.82. The number of carbonyl (C=O) groups excluding carboxylic acids is 1. The Bertz CT molecular complexity index is 1670. The van der Waals surface area contributed by atoms with E-state index in [0.717, 1.165) is 21.5 Å². The molecule has 0 unspecified atom stereocenters. The van der Waals surface area contributed by atoms with Crippen LogP contribution in [0.1, 0.15) is 13.3 Å². The van der Waals surface area contributed by atoms with Crippen LogP contribution in [0.25, 0.3) is 21.5 Å². The Labute approximate surface area is 216 Å². The number of ether oxygens (including phenoxy) is 1. The predicted octanol–water partition coefficient (Wildman–Crippen LogP) is 6.59. The third-order valence-electron chi connectivity index (χ3n) is 6.15. The number of hydrogen-bond donors (Lipinski definition) is 2. The highest BCUT2D eigenvalue weighted by atomic mass is 32.2. The first kappa shape index (κ1) is 24.3. The number of anilines is 2. The summed E-state index contributed by atoms with van der Waals surface area (Å²) in [6.07, 6.45) is -0.238. The first-order chi connectivity index (χ1) is 17.9. The molecule has 5 aromatic carbocycles. The van der Waals surface area contributed by atoms with Gasteiger partial charge in [0, 0.05) is 16.5 Å². The van der Waals surface area contributed by atoms with Crippen molar-refractivity contribution in [2.75, 3.05) is 10.0 Å². The SMILES string of the molecule is CC[C@@H](Oc1cccc2ccccc12)C(=O)Nc1ccc(S(=O)(=O)Nc2cccc3ccccc23)cc1. The highest BCUT2D eigenvalue weighted by Crippen LogP contribution is 2.28. The minimum atomic E-state index is -3.82. The summed E-state index contributed by atoms with van der Waals surface area (Å²) < 4.78 is 34.8. The molecule has 0 radical (unpaired) electrons. The van der Waals surface area contributed by atoms with Gasteiger partial charge in [0.25, 0.3) is 15.9 Å². The summed E-state index contributed by atoms with van der Waals surface area (Å²) in [5.74, 6) is 0.334. The zero-order valence-electron chi connectivity index (χ0n) is 20.2. The lowest BCUT2D eigenvalue weighted by atomic mass is 10.1. The van der Waals surface area contributed by atoms with Crippen LogP contribution < -0.4 is 14.8 Å². The third kappa shape index (κ3) is 5.27. The lowest BCUT2D eigenvalue weighted by Gasteiger charge is -2.18. The summed E-state index contributed by atoms with van der Waals surface area (Å²) in [5, 5.41) is 6.56. The molecular weight excluding hydrogens is 484 g/mol. The molecule has 0 saturated heterocycles. The summed E-state index contributed by atoms with van der Waals surface area (Å²) in [6, 6.07) is 32.7. The van der Waals surface area contributed by atoms with Crippen molar-refractivity contribution in [2.24, 2.45) is 0 Å². The number of fused-ring (bicyclic) bond motifs is 2. The highest BCUT2D eigenvalue weighted by Gasteiger charge is 2.20. The molecule has 5 rings (SSSR count). The second kappa shape index (κ2) is 10.3. The number of hydrogen-bond acceptors (Lipinski definition) is 4. The van der Waals surface area contributed by atoms with Gasteiger partial charge in [-0.15, -0.1) is 0 Å². The maximum Gasteiger partial charge on any atom is 0.265 e. The van der Waals surface area contributed by atoms with Crippen LogP contribution in [-0.4, -0.2) is 20.4 Å². The van der Waals surface area contributed by atoms with E-state index in [2.05, 4.69) is 10.0 Å². The number of sulfonamides is 1. The molecule has 6 nitrogen and oxygen atoms in total. The van der Waals surface area contributed by atoms with Crippen molar-refractivity contribution in [3.63, 3.8) is 0 Å². The molecule has 0 bridgehead atoms. The van der Waals surface area contributed by atoms with Crippen LogP contribution in [0.2, 0.25) is 0 Å². The Morgan fingerprint density at radius 1 is 0.757 bits per heavy atom. The molecule has 0 aliphatic rings. The Morgan fingerprint density at radius 2 is 1.35 bits per heavy atom. The molecule has 0 aliphatic carbocycles. The van der Waals surface area contributed by atoms with E-state index in [1.54, 1.807) is 18.2 Å². The van der Waals surface area contributed by atoms with Crippen molar-refractivity contribution < 1.29 is 17.9 Å². The van der Waals surface area contributed by atoms with Crippen molar-refractivity contribution >= 4 is 48.9 Å². The fourth-order valence-electron chi connectivity index (χ4n) is 4.23. The van der Waals surface area contributed by atoms with Crippen LogP contribution in [-0.2, 0) is 14.8 Å². The predicted molar refractivity (Wildman–Crippen MR) is 148 cm³/mol. The lowest BCUT2D eigenvalue weighted by Crippen LogP contribution is -2.32. The van der Waals surface area contributed by atoms with E-state index < -0.39 is 16.1 Å². The van der Waals surface area contributed by atoms with Gasteiger partial charge in [-0.25, -0.2) is 8.42 Å². The van der Waals surface area contributed by atoms with Gasteiger partial charge >= 0.3 is 0 Å². The molecule has 0 heterocycles. The van der Waals surface area contributed by atoms with Crippen LogP contribution in [0.15, 0.2) is 114 Å². The van der Waals surface area contributed by atoms with E-state index in [0.29, 0.717) is 23.5 Å². The third-order valence-corrected chi connectivity index (χ3v) is 7.53. The van der Waals surface area contributed by atoms with Gasteiger partial charge in [-0.2, -0.15) is 0 Å². The van der Waals surface area contributed by atoms with Crippen molar-refractivity contribution in [1.82, 2.24) is 0 Å². The number of carbonyl (C=O) groups is 1. The molecular formula is C30H26N2O4S. The zero-order chi connectivity index (χ0) is 25.8.